The fraction of sp³-hybridized carbons (Fsp3) is 0.600. The first kappa shape index (κ1) is 12.0. The predicted molar refractivity (Wildman–Crippen MR) is 63.9 cm³/mol. The van der Waals surface area contributed by atoms with E-state index in [4.69, 9.17) is 11.6 Å². The van der Waals surface area contributed by atoms with Crippen LogP contribution in [0.1, 0.15) is 12.8 Å². The number of hydrogen-bond acceptors (Lipinski definition) is 4. The van der Waals surface area contributed by atoms with Crippen LogP contribution in [-0.4, -0.2) is 33.2 Å². The van der Waals surface area contributed by atoms with Gasteiger partial charge in [-0.2, -0.15) is 0 Å². The maximum Gasteiger partial charge on any atom is 0.151 e. The number of aromatic nitrogens is 2. The molecule has 1 saturated heterocycles. The van der Waals surface area contributed by atoms with Crippen LogP contribution in [-0.2, 0) is 10.8 Å². The topological polar surface area (TPSA) is 54.9 Å². The number of halogens is 1. The van der Waals surface area contributed by atoms with Gasteiger partial charge in [0.05, 0.1) is 10.8 Å². The Morgan fingerprint density at radius 3 is 3.00 bits per heavy atom. The molecular weight excluding hydrogens is 246 g/mol. The number of hydrogen-bond donors (Lipinski definition) is 1. The molecule has 0 amide bonds. The van der Waals surface area contributed by atoms with E-state index in [1.807, 2.05) is 0 Å². The van der Waals surface area contributed by atoms with Gasteiger partial charge in [0.15, 0.2) is 5.15 Å². The van der Waals surface area contributed by atoms with Crippen LogP contribution in [0.5, 0.6) is 0 Å². The number of rotatable bonds is 3. The van der Waals surface area contributed by atoms with Gasteiger partial charge in [-0.3, -0.25) is 4.21 Å². The Kier molecular flexibility index (Phi) is 4.26. The second kappa shape index (κ2) is 5.70. The van der Waals surface area contributed by atoms with E-state index < -0.39 is 10.8 Å². The highest BCUT2D eigenvalue weighted by molar-refractivity contribution is 7.84. The van der Waals surface area contributed by atoms with Gasteiger partial charge >= 0.3 is 0 Å². The third-order valence-electron chi connectivity index (χ3n) is 2.63. The molecule has 16 heavy (non-hydrogen) atoms. The van der Waals surface area contributed by atoms with Crippen LogP contribution in [0.15, 0.2) is 17.2 Å². The Bertz CT molecular complexity index is 365. The summed E-state index contributed by atoms with van der Waals surface area (Å²) in [6, 6.07) is 3.31. The molecule has 1 fully saturated rings. The fourth-order valence-corrected chi connectivity index (χ4v) is 3.13. The van der Waals surface area contributed by atoms with Crippen molar-refractivity contribution < 1.29 is 4.21 Å². The Hall–Kier alpha value is -0.520. The van der Waals surface area contributed by atoms with Gasteiger partial charge in [-0.15, -0.1) is 10.2 Å². The molecule has 0 aromatic carbocycles. The monoisotopic (exact) mass is 259 g/mol. The van der Waals surface area contributed by atoms with Crippen LogP contribution in [0.2, 0.25) is 5.15 Å². The number of nitrogens with one attached hydrogen (secondary N) is 1. The molecule has 1 aliphatic heterocycles. The van der Waals surface area contributed by atoms with Crippen molar-refractivity contribution in [1.82, 2.24) is 15.5 Å². The van der Waals surface area contributed by atoms with Gasteiger partial charge in [-0.05, 0) is 44.0 Å². The van der Waals surface area contributed by atoms with Crippen LogP contribution in [0.4, 0.5) is 0 Å². The summed E-state index contributed by atoms with van der Waals surface area (Å²) in [6.07, 6.45) is 2.30. The highest BCUT2D eigenvalue weighted by atomic mass is 35.5. The van der Waals surface area contributed by atoms with Crippen LogP contribution >= 0.6 is 11.6 Å². The first-order valence-electron chi connectivity index (χ1n) is 5.34. The molecule has 1 aliphatic rings. The SMILES string of the molecule is O=[S@](C[C@H]1CCCNC1)c1ccc(Cl)nn1. The smallest absolute Gasteiger partial charge is 0.151 e. The zero-order chi connectivity index (χ0) is 11.4. The maximum atomic E-state index is 12.0. The molecule has 6 heteroatoms. The van der Waals surface area contributed by atoms with E-state index in [1.165, 1.54) is 0 Å². The molecule has 1 aromatic rings. The number of nitrogens with zero attached hydrogens (tertiary/aromatic N) is 2. The van der Waals surface area contributed by atoms with E-state index in [-0.39, 0.29) is 0 Å². The molecule has 2 atom stereocenters. The summed E-state index contributed by atoms with van der Waals surface area (Å²) in [5.41, 5.74) is 0. The number of piperidine rings is 1. The molecule has 2 heterocycles. The van der Waals surface area contributed by atoms with Crippen molar-refractivity contribution in [3.63, 3.8) is 0 Å². The zero-order valence-corrected chi connectivity index (χ0v) is 10.4. The molecule has 4 nitrogen and oxygen atoms in total. The lowest BCUT2D eigenvalue weighted by Crippen LogP contribution is -2.32. The van der Waals surface area contributed by atoms with Crippen LogP contribution in [0.3, 0.4) is 0 Å². The summed E-state index contributed by atoms with van der Waals surface area (Å²) >= 11 is 5.63. The lowest BCUT2D eigenvalue weighted by Gasteiger charge is -2.21. The van der Waals surface area contributed by atoms with E-state index in [0.29, 0.717) is 21.8 Å². The zero-order valence-electron chi connectivity index (χ0n) is 8.86. The molecular formula is C10H14ClN3OS. The Morgan fingerprint density at radius 2 is 2.38 bits per heavy atom. The molecule has 1 N–H and O–H groups in total. The van der Waals surface area contributed by atoms with Crippen molar-refractivity contribution >= 4 is 22.4 Å². The van der Waals surface area contributed by atoms with Crippen molar-refractivity contribution in [3.05, 3.63) is 17.3 Å². The van der Waals surface area contributed by atoms with Gasteiger partial charge < -0.3 is 5.32 Å². The van der Waals surface area contributed by atoms with Gasteiger partial charge in [0.2, 0.25) is 0 Å². The van der Waals surface area contributed by atoms with Crippen molar-refractivity contribution in [3.8, 4) is 0 Å². The van der Waals surface area contributed by atoms with Crippen molar-refractivity contribution in [2.75, 3.05) is 18.8 Å². The summed E-state index contributed by atoms with van der Waals surface area (Å²) in [5.74, 6) is 1.13. The molecule has 0 unspecified atom stereocenters. The molecule has 0 spiro atoms. The molecule has 88 valence electrons. The fourth-order valence-electron chi connectivity index (χ4n) is 1.79. The normalized spacial score (nSPS) is 22.9. The third-order valence-corrected chi connectivity index (χ3v) is 4.29. The first-order chi connectivity index (χ1) is 7.75. The summed E-state index contributed by atoms with van der Waals surface area (Å²) in [6.45, 7) is 2.02. The highest BCUT2D eigenvalue weighted by Crippen LogP contribution is 2.14. The van der Waals surface area contributed by atoms with Crippen LogP contribution in [0, 0.1) is 5.92 Å². The molecule has 0 bridgehead atoms. The van der Waals surface area contributed by atoms with Gasteiger partial charge in [-0.25, -0.2) is 0 Å². The maximum absolute atomic E-state index is 12.0. The van der Waals surface area contributed by atoms with Crippen LogP contribution in [0.25, 0.3) is 0 Å². The third kappa shape index (κ3) is 3.23. The van der Waals surface area contributed by atoms with E-state index in [0.717, 1.165) is 25.9 Å². The summed E-state index contributed by atoms with van der Waals surface area (Å²) in [7, 11) is -1.06. The van der Waals surface area contributed by atoms with Crippen molar-refractivity contribution in [2.45, 2.75) is 17.9 Å². The Labute approximate surface area is 102 Å². The molecule has 2 rings (SSSR count). The minimum absolute atomic E-state index is 0.333. The second-order valence-electron chi connectivity index (χ2n) is 3.92. The summed E-state index contributed by atoms with van der Waals surface area (Å²) in [5, 5.41) is 11.7. The van der Waals surface area contributed by atoms with Gasteiger partial charge in [0.25, 0.3) is 0 Å². The summed E-state index contributed by atoms with van der Waals surface area (Å²) in [4.78, 5) is 0. The molecule has 0 saturated carbocycles. The molecule has 0 aliphatic carbocycles. The standard InChI is InChI=1S/C10H14ClN3OS/c11-9-3-4-10(14-13-9)16(15)7-8-2-1-5-12-6-8/h3-4,8,12H,1-2,5-7H2/t8-,16+/m0/s1. The van der Waals surface area contributed by atoms with Crippen LogP contribution < -0.4 is 5.32 Å². The largest absolute Gasteiger partial charge is 0.316 e. The van der Waals surface area contributed by atoms with Gasteiger partial charge in [0.1, 0.15) is 5.03 Å². The van der Waals surface area contributed by atoms with E-state index in [2.05, 4.69) is 15.5 Å². The predicted octanol–water partition coefficient (Wildman–Crippen LogP) is 1.24. The first-order valence-corrected chi connectivity index (χ1v) is 7.04. The van der Waals surface area contributed by atoms with Gasteiger partial charge in [-0.1, -0.05) is 11.6 Å². The highest BCUT2D eigenvalue weighted by Gasteiger charge is 2.17. The summed E-state index contributed by atoms with van der Waals surface area (Å²) < 4.78 is 12.0. The Morgan fingerprint density at radius 1 is 1.50 bits per heavy atom. The second-order valence-corrected chi connectivity index (χ2v) is 5.75. The lowest BCUT2D eigenvalue weighted by molar-refractivity contribution is 0.407. The van der Waals surface area contributed by atoms with E-state index >= 15 is 0 Å². The van der Waals surface area contributed by atoms with Crippen molar-refractivity contribution in [1.29, 1.82) is 0 Å². The minimum Gasteiger partial charge on any atom is -0.316 e. The molecule has 0 radical (unpaired) electrons. The lowest BCUT2D eigenvalue weighted by atomic mass is 10.0. The average Bonchev–Trinajstić information content (AvgIpc) is 2.31. The minimum atomic E-state index is -1.06. The quantitative estimate of drug-likeness (QED) is 0.887. The van der Waals surface area contributed by atoms with Gasteiger partial charge in [0, 0.05) is 5.75 Å². The Balaban J connectivity index is 1.94. The molecule has 1 aromatic heterocycles. The van der Waals surface area contributed by atoms with E-state index in [9.17, 15) is 4.21 Å². The van der Waals surface area contributed by atoms with Crippen molar-refractivity contribution in [2.24, 2.45) is 5.92 Å². The van der Waals surface area contributed by atoms with E-state index in [1.54, 1.807) is 12.1 Å². The average molecular weight is 260 g/mol.